The maximum atomic E-state index is 12.9. The Morgan fingerprint density at radius 3 is 2.88 bits per heavy atom. The van der Waals surface area contributed by atoms with Gasteiger partial charge >= 0.3 is 0 Å². The summed E-state index contributed by atoms with van der Waals surface area (Å²) >= 11 is 5.88. The molecule has 0 saturated carbocycles. The minimum atomic E-state index is -0.0998. The number of benzene rings is 1. The van der Waals surface area contributed by atoms with Crippen LogP contribution in [0.1, 0.15) is 42.5 Å². The molecule has 0 aromatic heterocycles. The number of aromatic hydroxyl groups is 1. The number of amides is 1. The Morgan fingerprint density at radius 1 is 1.32 bits per heavy atom. The number of rotatable bonds is 3. The normalized spacial score (nSPS) is 29.8. The van der Waals surface area contributed by atoms with Crippen LogP contribution in [0.15, 0.2) is 18.2 Å². The lowest BCUT2D eigenvalue weighted by Crippen LogP contribution is -2.68. The molecule has 1 N–H and O–H groups in total. The van der Waals surface area contributed by atoms with E-state index in [0.717, 1.165) is 64.9 Å². The molecule has 5 nitrogen and oxygen atoms in total. The molecule has 0 radical (unpaired) electrons. The lowest BCUT2D eigenvalue weighted by molar-refractivity contribution is -0.0807. The minimum Gasteiger partial charge on any atom is -0.507 e. The van der Waals surface area contributed by atoms with E-state index in [0.29, 0.717) is 16.7 Å². The van der Waals surface area contributed by atoms with Crippen LogP contribution >= 0.6 is 11.6 Å². The first-order chi connectivity index (χ1) is 12.1. The summed E-state index contributed by atoms with van der Waals surface area (Å²) in [6, 6.07) is 4.70. The van der Waals surface area contributed by atoms with Crippen LogP contribution in [-0.4, -0.2) is 65.2 Å². The summed E-state index contributed by atoms with van der Waals surface area (Å²) in [5.74, 6) is -0.140. The van der Waals surface area contributed by atoms with E-state index in [1.54, 1.807) is 12.1 Å². The summed E-state index contributed by atoms with van der Waals surface area (Å²) in [6.45, 7) is 4.44. The molecule has 3 heterocycles. The molecule has 6 heteroatoms. The average Bonchev–Trinajstić information content (AvgIpc) is 3.12. The second-order valence-electron chi connectivity index (χ2n) is 7.55. The molecular weight excluding hydrogens is 340 g/mol. The predicted molar refractivity (Wildman–Crippen MR) is 96.1 cm³/mol. The zero-order valence-electron chi connectivity index (χ0n) is 14.4. The maximum absolute atomic E-state index is 12.9. The lowest BCUT2D eigenvalue weighted by atomic mass is 9.77. The van der Waals surface area contributed by atoms with Crippen molar-refractivity contribution in [3.8, 4) is 5.75 Å². The molecule has 2 atom stereocenters. The van der Waals surface area contributed by atoms with E-state index in [1.807, 2.05) is 4.90 Å². The van der Waals surface area contributed by atoms with Crippen molar-refractivity contribution >= 4 is 17.5 Å². The van der Waals surface area contributed by atoms with Crippen molar-refractivity contribution in [1.29, 1.82) is 0 Å². The molecular formula is C19H25ClN2O3. The first-order valence-corrected chi connectivity index (χ1v) is 9.60. The van der Waals surface area contributed by atoms with E-state index in [1.165, 1.54) is 6.07 Å². The van der Waals surface area contributed by atoms with E-state index in [4.69, 9.17) is 16.3 Å². The first kappa shape index (κ1) is 17.1. The van der Waals surface area contributed by atoms with Gasteiger partial charge < -0.3 is 14.7 Å². The number of carbonyl (C=O) groups excluding carboxylic acids is 1. The predicted octanol–water partition coefficient (Wildman–Crippen LogP) is 2.91. The molecule has 136 valence electrons. The van der Waals surface area contributed by atoms with Crippen molar-refractivity contribution in [2.45, 2.75) is 43.7 Å². The SMILES string of the molecule is O=C(c1ccc(Cl)cc1O)N1CCC[C@@]2(CCN2C[C@@H]2CCCO2)C1. The van der Waals surface area contributed by atoms with Crippen LogP contribution in [0.4, 0.5) is 0 Å². The summed E-state index contributed by atoms with van der Waals surface area (Å²) < 4.78 is 5.80. The third kappa shape index (κ3) is 3.25. The van der Waals surface area contributed by atoms with E-state index < -0.39 is 0 Å². The lowest BCUT2D eigenvalue weighted by Gasteiger charge is -2.57. The zero-order chi connectivity index (χ0) is 17.4. The molecule has 3 aliphatic heterocycles. The monoisotopic (exact) mass is 364 g/mol. The van der Waals surface area contributed by atoms with Crippen molar-refractivity contribution in [3.05, 3.63) is 28.8 Å². The number of piperidine rings is 1. The average molecular weight is 365 g/mol. The van der Waals surface area contributed by atoms with Gasteiger partial charge in [-0.05, 0) is 50.3 Å². The second kappa shape index (κ2) is 6.78. The summed E-state index contributed by atoms with van der Waals surface area (Å²) in [6.07, 6.45) is 5.93. The highest BCUT2D eigenvalue weighted by Gasteiger charge is 2.48. The molecule has 4 rings (SSSR count). The second-order valence-corrected chi connectivity index (χ2v) is 7.98. The van der Waals surface area contributed by atoms with Crippen LogP contribution in [-0.2, 0) is 4.74 Å². The molecule has 3 saturated heterocycles. The summed E-state index contributed by atoms with van der Waals surface area (Å²) in [4.78, 5) is 17.3. The van der Waals surface area contributed by atoms with Gasteiger partial charge in [0.25, 0.3) is 5.91 Å². The fourth-order valence-corrected chi connectivity index (χ4v) is 4.68. The molecule has 0 bridgehead atoms. The number of halogens is 1. The van der Waals surface area contributed by atoms with E-state index >= 15 is 0 Å². The van der Waals surface area contributed by atoms with Gasteiger partial charge in [-0.1, -0.05) is 11.6 Å². The Morgan fingerprint density at radius 2 is 2.20 bits per heavy atom. The topological polar surface area (TPSA) is 53.0 Å². The Labute approximate surface area is 153 Å². The van der Waals surface area contributed by atoms with Crippen molar-refractivity contribution < 1.29 is 14.6 Å². The molecule has 0 aliphatic carbocycles. The van der Waals surface area contributed by atoms with Gasteiger partial charge in [-0.15, -0.1) is 0 Å². The number of hydrogen-bond acceptors (Lipinski definition) is 4. The smallest absolute Gasteiger partial charge is 0.257 e. The third-order valence-electron chi connectivity index (χ3n) is 6.00. The number of hydrogen-bond donors (Lipinski definition) is 1. The quantitative estimate of drug-likeness (QED) is 0.896. The van der Waals surface area contributed by atoms with Gasteiger partial charge in [-0.3, -0.25) is 9.69 Å². The Balaban J connectivity index is 1.46. The van der Waals surface area contributed by atoms with Crippen molar-refractivity contribution in [2.75, 3.05) is 32.8 Å². The number of carbonyl (C=O) groups is 1. The number of likely N-dealkylation sites (tertiary alicyclic amines) is 2. The van der Waals surface area contributed by atoms with Crippen LogP contribution in [0.25, 0.3) is 0 Å². The van der Waals surface area contributed by atoms with Crippen LogP contribution < -0.4 is 0 Å². The van der Waals surface area contributed by atoms with Crippen molar-refractivity contribution in [3.63, 3.8) is 0 Å². The molecule has 3 fully saturated rings. The number of nitrogens with zero attached hydrogens (tertiary/aromatic N) is 2. The fourth-order valence-electron chi connectivity index (χ4n) is 4.51. The molecule has 1 aromatic rings. The Kier molecular flexibility index (Phi) is 4.65. The first-order valence-electron chi connectivity index (χ1n) is 9.22. The largest absolute Gasteiger partial charge is 0.507 e. The highest BCUT2D eigenvalue weighted by molar-refractivity contribution is 6.30. The maximum Gasteiger partial charge on any atom is 0.257 e. The summed E-state index contributed by atoms with van der Waals surface area (Å²) in [7, 11) is 0. The van der Waals surface area contributed by atoms with Crippen LogP contribution in [0, 0.1) is 0 Å². The van der Waals surface area contributed by atoms with Gasteiger partial charge in [-0.25, -0.2) is 0 Å². The molecule has 3 aliphatic rings. The van der Waals surface area contributed by atoms with Gasteiger partial charge in [0.2, 0.25) is 0 Å². The molecule has 25 heavy (non-hydrogen) atoms. The van der Waals surface area contributed by atoms with Gasteiger partial charge in [0.1, 0.15) is 5.75 Å². The molecule has 0 unspecified atom stereocenters. The number of ether oxygens (including phenoxy) is 1. The summed E-state index contributed by atoms with van der Waals surface area (Å²) in [5.41, 5.74) is 0.438. The highest BCUT2D eigenvalue weighted by atomic mass is 35.5. The highest BCUT2D eigenvalue weighted by Crippen LogP contribution is 2.40. The molecule has 1 aromatic carbocycles. The Bertz CT molecular complexity index is 662. The van der Waals surface area contributed by atoms with E-state index in [-0.39, 0.29) is 17.2 Å². The molecule has 1 spiro atoms. The summed E-state index contributed by atoms with van der Waals surface area (Å²) in [5, 5.41) is 10.5. The number of phenolic OH excluding ortho intramolecular Hbond substituents is 1. The third-order valence-corrected chi connectivity index (χ3v) is 6.23. The van der Waals surface area contributed by atoms with Crippen LogP contribution in [0.5, 0.6) is 5.75 Å². The standard InChI is InChI=1S/C19H25ClN2O3/c20-14-4-5-16(17(23)11-14)18(24)21-8-2-6-19(13-21)7-9-22(19)12-15-3-1-10-25-15/h4-5,11,15,23H,1-3,6-10,12-13H2/t15-,19+/m0/s1. The number of phenols is 1. The van der Waals surface area contributed by atoms with Crippen molar-refractivity contribution in [2.24, 2.45) is 0 Å². The fraction of sp³-hybridized carbons (Fsp3) is 0.632. The Hall–Kier alpha value is -1.30. The van der Waals surface area contributed by atoms with E-state index in [2.05, 4.69) is 4.90 Å². The van der Waals surface area contributed by atoms with Crippen LogP contribution in [0.3, 0.4) is 0 Å². The van der Waals surface area contributed by atoms with Gasteiger partial charge in [0, 0.05) is 43.3 Å². The van der Waals surface area contributed by atoms with Crippen LogP contribution in [0.2, 0.25) is 5.02 Å². The zero-order valence-corrected chi connectivity index (χ0v) is 15.2. The molecule has 1 amide bonds. The van der Waals surface area contributed by atoms with Crippen molar-refractivity contribution in [1.82, 2.24) is 9.80 Å². The van der Waals surface area contributed by atoms with Gasteiger partial charge in [-0.2, -0.15) is 0 Å². The van der Waals surface area contributed by atoms with Gasteiger partial charge in [0.15, 0.2) is 0 Å². The minimum absolute atomic E-state index is 0.0399. The van der Waals surface area contributed by atoms with E-state index in [9.17, 15) is 9.90 Å². The van der Waals surface area contributed by atoms with Gasteiger partial charge in [0.05, 0.1) is 11.7 Å².